The van der Waals surface area contributed by atoms with Crippen LogP contribution in [0, 0.1) is 5.92 Å². The minimum atomic E-state index is -1.02. The Labute approximate surface area is 94.3 Å². The van der Waals surface area contributed by atoms with Crippen LogP contribution in [-0.4, -0.2) is 49.3 Å². The number of rotatable bonds is 6. The number of hydrogen-bond donors (Lipinski definition) is 3. The average molecular weight is 230 g/mol. The highest BCUT2D eigenvalue weighted by molar-refractivity contribution is 5.82. The summed E-state index contributed by atoms with van der Waals surface area (Å²) < 4.78 is 5.20. The van der Waals surface area contributed by atoms with Crippen LogP contribution in [0.1, 0.15) is 13.3 Å². The second kappa shape index (κ2) is 6.44. The van der Waals surface area contributed by atoms with Crippen molar-refractivity contribution in [3.8, 4) is 0 Å². The number of carbonyl (C=O) groups is 2. The smallest absolute Gasteiger partial charge is 0.327 e. The highest BCUT2D eigenvalue weighted by atomic mass is 16.5. The summed E-state index contributed by atoms with van der Waals surface area (Å²) >= 11 is 0. The predicted octanol–water partition coefficient (Wildman–Crippen LogP) is -0.798. The van der Waals surface area contributed by atoms with Crippen molar-refractivity contribution in [1.29, 1.82) is 0 Å². The van der Waals surface area contributed by atoms with Crippen molar-refractivity contribution in [2.75, 3.05) is 26.3 Å². The molecule has 0 bridgehead atoms. The molecule has 2 unspecified atom stereocenters. The van der Waals surface area contributed by atoms with E-state index in [1.165, 1.54) is 6.92 Å². The van der Waals surface area contributed by atoms with Crippen molar-refractivity contribution in [3.05, 3.63) is 0 Å². The summed E-state index contributed by atoms with van der Waals surface area (Å²) in [7, 11) is 0. The number of carboxylic acids is 1. The summed E-state index contributed by atoms with van der Waals surface area (Å²) in [4.78, 5) is 21.5. The Morgan fingerprint density at radius 1 is 1.56 bits per heavy atom. The number of carboxylic acid groups (broad SMARTS) is 1. The largest absolute Gasteiger partial charge is 0.480 e. The lowest BCUT2D eigenvalue weighted by atomic mass is 10.1. The molecule has 1 rings (SSSR count). The SMILES string of the molecule is CC(=O)NC(CNCC1CCOC1)C(=O)O. The fourth-order valence-corrected chi connectivity index (χ4v) is 1.62. The topological polar surface area (TPSA) is 87.7 Å². The first kappa shape index (κ1) is 12.9. The van der Waals surface area contributed by atoms with Crippen LogP contribution in [0.3, 0.4) is 0 Å². The molecule has 1 fully saturated rings. The van der Waals surface area contributed by atoms with Crippen molar-refractivity contribution in [2.24, 2.45) is 5.92 Å². The first-order valence-corrected chi connectivity index (χ1v) is 5.38. The maximum absolute atomic E-state index is 10.8. The summed E-state index contributed by atoms with van der Waals surface area (Å²) in [6, 6.07) is -0.861. The monoisotopic (exact) mass is 230 g/mol. The molecule has 6 nitrogen and oxygen atoms in total. The van der Waals surface area contributed by atoms with E-state index in [1.807, 2.05) is 0 Å². The highest BCUT2D eigenvalue weighted by Gasteiger charge is 2.19. The lowest BCUT2D eigenvalue weighted by Crippen LogP contribution is -2.47. The van der Waals surface area contributed by atoms with Gasteiger partial charge in [0.1, 0.15) is 6.04 Å². The number of carbonyl (C=O) groups excluding carboxylic acids is 1. The molecular weight excluding hydrogens is 212 g/mol. The summed E-state index contributed by atoms with van der Waals surface area (Å²) in [5.41, 5.74) is 0. The van der Waals surface area contributed by atoms with Crippen molar-refractivity contribution < 1.29 is 19.4 Å². The number of ether oxygens (including phenoxy) is 1. The molecule has 1 saturated heterocycles. The fourth-order valence-electron chi connectivity index (χ4n) is 1.62. The normalized spacial score (nSPS) is 21.7. The third-order valence-electron chi connectivity index (χ3n) is 2.48. The van der Waals surface area contributed by atoms with Crippen LogP contribution < -0.4 is 10.6 Å². The lowest BCUT2D eigenvalue weighted by molar-refractivity contribution is -0.141. The number of amides is 1. The third kappa shape index (κ3) is 4.59. The van der Waals surface area contributed by atoms with Gasteiger partial charge in [0.15, 0.2) is 0 Å². The molecular formula is C10H18N2O4. The zero-order valence-electron chi connectivity index (χ0n) is 9.36. The van der Waals surface area contributed by atoms with E-state index in [-0.39, 0.29) is 12.5 Å². The summed E-state index contributed by atoms with van der Waals surface area (Å²) in [5, 5.41) is 14.2. The van der Waals surface area contributed by atoms with E-state index in [0.29, 0.717) is 5.92 Å². The first-order valence-electron chi connectivity index (χ1n) is 5.38. The predicted molar refractivity (Wildman–Crippen MR) is 57.0 cm³/mol. The zero-order chi connectivity index (χ0) is 12.0. The average Bonchev–Trinajstić information content (AvgIpc) is 2.68. The van der Waals surface area contributed by atoms with Gasteiger partial charge in [-0.25, -0.2) is 4.79 Å². The molecule has 6 heteroatoms. The van der Waals surface area contributed by atoms with Gasteiger partial charge in [-0.15, -0.1) is 0 Å². The Morgan fingerprint density at radius 2 is 2.31 bits per heavy atom. The molecule has 0 aromatic heterocycles. The van der Waals surface area contributed by atoms with E-state index in [0.717, 1.165) is 26.2 Å². The quantitative estimate of drug-likeness (QED) is 0.556. The Kier molecular flexibility index (Phi) is 5.21. The standard InChI is InChI=1S/C10H18N2O4/c1-7(13)12-9(10(14)15)5-11-4-8-2-3-16-6-8/h8-9,11H,2-6H2,1H3,(H,12,13)(H,14,15). The molecule has 1 aliphatic heterocycles. The van der Waals surface area contributed by atoms with Gasteiger partial charge in [0.2, 0.25) is 5.91 Å². The van der Waals surface area contributed by atoms with E-state index >= 15 is 0 Å². The summed E-state index contributed by atoms with van der Waals surface area (Å²) in [6.07, 6.45) is 1.00. The number of aliphatic carboxylic acids is 1. The van der Waals surface area contributed by atoms with Gasteiger partial charge in [-0.3, -0.25) is 4.79 Å². The van der Waals surface area contributed by atoms with Crippen molar-refractivity contribution in [3.63, 3.8) is 0 Å². The number of nitrogens with one attached hydrogen (secondary N) is 2. The van der Waals surface area contributed by atoms with Gasteiger partial charge in [-0.2, -0.15) is 0 Å². The van der Waals surface area contributed by atoms with Crippen molar-refractivity contribution in [1.82, 2.24) is 10.6 Å². The minimum absolute atomic E-state index is 0.241. The molecule has 0 spiro atoms. The van der Waals surface area contributed by atoms with E-state index < -0.39 is 12.0 Å². The van der Waals surface area contributed by atoms with Gasteiger partial charge >= 0.3 is 5.97 Å². The Bertz CT molecular complexity index is 251. The van der Waals surface area contributed by atoms with Gasteiger partial charge in [0.05, 0.1) is 6.61 Å². The molecule has 1 heterocycles. The molecule has 16 heavy (non-hydrogen) atoms. The second-order valence-electron chi connectivity index (χ2n) is 3.98. The maximum atomic E-state index is 10.8. The second-order valence-corrected chi connectivity index (χ2v) is 3.98. The van der Waals surface area contributed by atoms with Gasteiger partial charge in [0, 0.05) is 26.6 Å². The highest BCUT2D eigenvalue weighted by Crippen LogP contribution is 2.10. The molecule has 0 radical (unpaired) electrons. The van der Waals surface area contributed by atoms with Crippen LogP contribution in [0.15, 0.2) is 0 Å². The van der Waals surface area contributed by atoms with E-state index in [4.69, 9.17) is 9.84 Å². The van der Waals surface area contributed by atoms with Crippen LogP contribution >= 0.6 is 0 Å². The molecule has 3 N–H and O–H groups in total. The van der Waals surface area contributed by atoms with E-state index in [9.17, 15) is 9.59 Å². The van der Waals surface area contributed by atoms with E-state index in [1.54, 1.807) is 0 Å². The molecule has 2 atom stereocenters. The third-order valence-corrected chi connectivity index (χ3v) is 2.48. The molecule has 0 saturated carbocycles. The number of hydrogen-bond acceptors (Lipinski definition) is 4. The zero-order valence-corrected chi connectivity index (χ0v) is 9.36. The van der Waals surface area contributed by atoms with Crippen LogP contribution in [0.25, 0.3) is 0 Å². The lowest BCUT2D eigenvalue weighted by Gasteiger charge is -2.15. The van der Waals surface area contributed by atoms with Gasteiger partial charge in [0.25, 0.3) is 0 Å². The van der Waals surface area contributed by atoms with Crippen LogP contribution in [0.5, 0.6) is 0 Å². The summed E-state index contributed by atoms with van der Waals surface area (Å²) in [5.74, 6) is -0.907. The Morgan fingerprint density at radius 3 is 2.81 bits per heavy atom. The Balaban J connectivity index is 2.21. The molecule has 0 aliphatic carbocycles. The van der Waals surface area contributed by atoms with Crippen LogP contribution in [-0.2, 0) is 14.3 Å². The molecule has 1 aliphatic rings. The molecule has 1 amide bonds. The molecule has 92 valence electrons. The first-order chi connectivity index (χ1) is 7.59. The van der Waals surface area contributed by atoms with Crippen molar-refractivity contribution in [2.45, 2.75) is 19.4 Å². The van der Waals surface area contributed by atoms with Crippen LogP contribution in [0.2, 0.25) is 0 Å². The molecule has 0 aromatic rings. The maximum Gasteiger partial charge on any atom is 0.327 e. The van der Waals surface area contributed by atoms with Gasteiger partial charge < -0.3 is 20.5 Å². The van der Waals surface area contributed by atoms with E-state index in [2.05, 4.69) is 10.6 Å². The fraction of sp³-hybridized carbons (Fsp3) is 0.800. The van der Waals surface area contributed by atoms with Gasteiger partial charge in [-0.1, -0.05) is 0 Å². The minimum Gasteiger partial charge on any atom is -0.480 e. The van der Waals surface area contributed by atoms with Gasteiger partial charge in [-0.05, 0) is 12.3 Å². The van der Waals surface area contributed by atoms with Crippen LogP contribution in [0.4, 0.5) is 0 Å². The molecule has 0 aromatic carbocycles. The summed E-state index contributed by atoms with van der Waals surface area (Å²) in [6.45, 7) is 3.78. The Hall–Kier alpha value is -1.14. The van der Waals surface area contributed by atoms with Crippen molar-refractivity contribution >= 4 is 11.9 Å².